The fourth-order valence-corrected chi connectivity index (χ4v) is 7.35. The van der Waals surface area contributed by atoms with E-state index in [0.717, 1.165) is 23.3 Å². The SMILES string of the molecule is CS(=O)(=O)c1ccc(-c2cc(Cn3ccnc3)c3ccc(C4CCCCC4)c(C4CCCCC4)c3n2)cc1. The van der Waals surface area contributed by atoms with Gasteiger partial charge in [-0.05, 0) is 72.4 Å². The second kappa shape index (κ2) is 10.6. The molecule has 0 unspecified atom stereocenters. The molecular formula is C32H37N3O2S. The van der Waals surface area contributed by atoms with Crippen LogP contribution in [-0.2, 0) is 16.4 Å². The molecule has 198 valence electrons. The van der Waals surface area contributed by atoms with Crippen molar-refractivity contribution in [2.24, 2.45) is 0 Å². The maximum absolute atomic E-state index is 12.1. The van der Waals surface area contributed by atoms with E-state index in [1.165, 1.54) is 92.5 Å². The van der Waals surface area contributed by atoms with Gasteiger partial charge in [-0.15, -0.1) is 0 Å². The maximum Gasteiger partial charge on any atom is 0.175 e. The van der Waals surface area contributed by atoms with Gasteiger partial charge in [0.15, 0.2) is 9.84 Å². The van der Waals surface area contributed by atoms with E-state index in [-0.39, 0.29) is 0 Å². The van der Waals surface area contributed by atoms with Crippen LogP contribution in [-0.4, -0.2) is 29.2 Å². The lowest BCUT2D eigenvalue weighted by molar-refractivity contribution is 0.420. The smallest absolute Gasteiger partial charge is 0.175 e. The first kappa shape index (κ1) is 25.3. The lowest BCUT2D eigenvalue weighted by Gasteiger charge is -2.31. The molecule has 6 rings (SSSR count). The Labute approximate surface area is 226 Å². The quantitative estimate of drug-likeness (QED) is 0.258. The lowest BCUT2D eigenvalue weighted by atomic mass is 9.75. The van der Waals surface area contributed by atoms with E-state index in [9.17, 15) is 8.42 Å². The van der Waals surface area contributed by atoms with Gasteiger partial charge in [-0.25, -0.2) is 18.4 Å². The Morgan fingerprint density at radius 3 is 2.18 bits per heavy atom. The highest BCUT2D eigenvalue weighted by Gasteiger charge is 2.27. The van der Waals surface area contributed by atoms with Crippen LogP contribution in [0, 0.1) is 0 Å². The normalized spacial score (nSPS) is 17.7. The van der Waals surface area contributed by atoms with E-state index in [2.05, 4.69) is 27.8 Å². The van der Waals surface area contributed by atoms with Crippen LogP contribution in [0.3, 0.4) is 0 Å². The van der Waals surface area contributed by atoms with Crippen LogP contribution in [0.5, 0.6) is 0 Å². The van der Waals surface area contributed by atoms with Gasteiger partial charge in [0.2, 0.25) is 0 Å². The number of sulfone groups is 1. The van der Waals surface area contributed by atoms with Crippen molar-refractivity contribution in [1.29, 1.82) is 0 Å². The first-order chi connectivity index (χ1) is 18.5. The summed E-state index contributed by atoms with van der Waals surface area (Å²) in [6, 6.07) is 14.1. The highest BCUT2D eigenvalue weighted by Crippen LogP contribution is 2.44. The summed E-state index contributed by atoms with van der Waals surface area (Å²) < 4.78 is 26.3. The number of pyridine rings is 1. The number of rotatable bonds is 6. The van der Waals surface area contributed by atoms with E-state index in [4.69, 9.17) is 4.98 Å². The lowest BCUT2D eigenvalue weighted by Crippen LogP contribution is -2.14. The zero-order chi connectivity index (χ0) is 26.1. The predicted molar refractivity (Wildman–Crippen MR) is 153 cm³/mol. The third-order valence-corrected chi connectivity index (χ3v) is 9.82. The van der Waals surface area contributed by atoms with E-state index < -0.39 is 9.84 Å². The number of hydrogen-bond donors (Lipinski definition) is 0. The Morgan fingerprint density at radius 2 is 1.55 bits per heavy atom. The Hall–Kier alpha value is -2.99. The molecule has 0 saturated heterocycles. The number of imidazole rings is 1. The van der Waals surface area contributed by atoms with Crippen molar-refractivity contribution in [3.05, 3.63) is 77.9 Å². The first-order valence-electron chi connectivity index (χ1n) is 14.2. The van der Waals surface area contributed by atoms with Crippen LogP contribution in [0.15, 0.2) is 66.1 Å². The second-order valence-corrected chi connectivity index (χ2v) is 13.3. The van der Waals surface area contributed by atoms with E-state index in [1.807, 2.05) is 30.9 Å². The standard InChI is InChI=1S/C32H37N3O2S/c1-38(36,37)27-14-12-24(13-15-27)30-20-26(21-35-19-18-33-22-35)29-17-16-28(23-8-4-2-5-9-23)31(32(29)34-30)25-10-6-3-7-11-25/h12-20,22-23,25H,2-11,21H2,1H3. The number of hydrogen-bond acceptors (Lipinski definition) is 4. The molecular weight excluding hydrogens is 490 g/mol. The van der Waals surface area contributed by atoms with Crippen LogP contribution >= 0.6 is 0 Å². The summed E-state index contributed by atoms with van der Waals surface area (Å²) in [5, 5.41) is 1.23. The Kier molecular flexibility index (Phi) is 7.08. The Bertz CT molecular complexity index is 1510. The Balaban J connectivity index is 1.56. The number of fused-ring (bicyclic) bond motifs is 1. The summed E-state index contributed by atoms with van der Waals surface area (Å²) >= 11 is 0. The van der Waals surface area contributed by atoms with Crippen molar-refractivity contribution in [2.75, 3.05) is 6.26 Å². The van der Waals surface area contributed by atoms with Crippen molar-refractivity contribution in [2.45, 2.75) is 87.5 Å². The highest BCUT2D eigenvalue weighted by molar-refractivity contribution is 7.90. The zero-order valence-corrected chi connectivity index (χ0v) is 23.1. The number of aromatic nitrogens is 3. The first-order valence-corrected chi connectivity index (χ1v) is 16.1. The monoisotopic (exact) mass is 527 g/mol. The van der Waals surface area contributed by atoms with Crippen LogP contribution in [0.2, 0.25) is 0 Å². The third kappa shape index (κ3) is 5.15. The molecule has 2 fully saturated rings. The molecule has 2 aromatic carbocycles. The molecule has 0 N–H and O–H groups in total. The summed E-state index contributed by atoms with van der Waals surface area (Å²) in [5.74, 6) is 1.18. The topological polar surface area (TPSA) is 64.8 Å². The molecule has 2 saturated carbocycles. The van der Waals surface area contributed by atoms with Gasteiger partial charge in [0.25, 0.3) is 0 Å². The Morgan fingerprint density at radius 1 is 0.868 bits per heavy atom. The molecule has 4 aromatic rings. The van der Waals surface area contributed by atoms with Crippen molar-refractivity contribution >= 4 is 20.7 Å². The van der Waals surface area contributed by atoms with Crippen LogP contribution in [0.4, 0.5) is 0 Å². The molecule has 2 aromatic heterocycles. The van der Waals surface area contributed by atoms with Gasteiger partial charge >= 0.3 is 0 Å². The molecule has 0 spiro atoms. The maximum atomic E-state index is 12.1. The second-order valence-electron chi connectivity index (χ2n) is 11.3. The number of benzene rings is 2. The largest absolute Gasteiger partial charge is 0.333 e. The van der Waals surface area contributed by atoms with Crippen LogP contribution in [0.25, 0.3) is 22.2 Å². The van der Waals surface area contributed by atoms with Gasteiger partial charge in [0.05, 0.1) is 22.4 Å². The summed E-state index contributed by atoms with van der Waals surface area (Å²) in [7, 11) is -3.25. The molecule has 0 bridgehead atoms. The molecule has 2 aliphatic carbocycles. The van der Waals surface area contributed by atoms with Gasteiger partial charge in [-0.3, -0.25) is 0 Å². The number of nitrogens with zero attached hydrogens (tertiary/aromatic N) is 3. The summed E-state index contributed by atoms with van der Waals surface area (Å²) in [6.45, 7) is 0.723. The molecule has 0 atom stereocenters. The van der Waals surface area contributed by atoms with E-state index in [1.54, 1.807) is 12.1 Å². The van der Waals surface area contributed by atoms with Gasteiger partial charge in [-0.2, -0.15) is 0 Å². The molecule has 38 heavy (non-hydrogen) atoms. The third-order valence-electron chi connectivity index (χ3n) is 8.69. The molecule has 2 heterocycles. The van der Waals surface area contributed by atoms with Crippen LogP contribution in [0.1, 0.15) is 92.7 Å². The van der Waals surface area contributed by atoms with Crippen molar-refractivity contribution in [3.63, 3.8) is 0 Å². The van der Waals surface area contributed by atoms with Gasteiger partial charge in [-0.1, -0.05) is 62.8 Å². The molecule has 0 radical (unpaired) electrons. The van der Waals surface area contributed by atoms with E-state index >= 15 is 0 Å². The highest BCUT2D eigenvalue weighted by atomic mass is 32.2. The summed E-state index contributed by atoms with van der Waals surface area (Å²) in [5.41, 5.74) is 7.27. The zero-order valence-electron chi connectivity index (χ0n) is 22.3. The molecule has 6 heteroatoms. The molecule has 0 amide bonds. The van der Waals surface area contributed by atoms with Crippen LogP contribution < -0.4 is 0 Å². The summed E-state index contributed by atoms with van der Waals surface area (Å²) in [6.07, 6.45) is 19.9. The average Bonchev–Trinajstić information content (AvgIpc) is 3.46. The minimum atomic E-state index is -3.25. The van der Waals surface area contributed by atoms with Gasteiger partial charge in [0.1, 0.15) is 0 Å². The fraction of sp³-hybridized carbons (Fsp3) is 0.438. The fourth-order valence-electron chi connectivity index (χ4n) is 6.72. The van der Waals surface area contributed by atoms with Gasteiger partial charge < -0.3 is 4.57 Å². The van der Waals surface area contributed by atoms with Crippen molar-refractivity contribution in [3.8, 4) is 11.3 Å². The van der Waals surface area contributed by atoms with E-state index in [0.29, 0.717) is 16.7 Å². The predicted octanol–water partition coefficient (Wildman–Crippen LogP) is 7.65. The molecule has 0 aliphatic heterocycles. The minimum Gasteiger partial charge on any atom is -0.333 e. The molecule has 2 aliphatic rings. The average molecular weight is 528 g/mol. The molecule has 5 nitrogen and oxygen atoms in total. The van der Waals surface area contributed by atoms with Crippen molar-refractivity contribution in [1.82, 2.24) is 14.5 Å². The van der Waals surface area contributed by atoms with Gasteiger partial charge in [0, 0.05) is 36.1 Å². The summed E-state index contributed by atoms with van der Waals surface area (Å²) in [4.78, 5) is 9.99. The van der Waals surface area contributed by atoms with Crippen molar-refractivity contribution < 1.29 is 8.42 Å². The minimum absolute atomic E-state index is 0.336.